The Balaban J connectivity index is 1.96. The Morgan fingerprint density at radius 3 is 2.71 bits per heavy atom. The third-order valence-corrected chi connectivity index (χ3v) is 4.83. The Bertz CT molecular complexity index is 381. The van der Waals surface area contributed by atoms with E-state index in [4.69, 9.17) is 0 Å². The van der Waals surface area contributed by atoms with Crippen LogP contribution in [0.4, 0.5) is 8.78 Å². The lowest BCUT2D eigenvalue weighted by Gasteiger charge is -2.14. The first-order chi connectivity index (χ1) is 7.87. The zero-order valence-corrected chi connectivity index (χ0v) is 11.0. The van der Waals surface area contributed by atoms with E-state index in [9.17, 15) is 13.9 Å². The molecule has 1 aliphatic carbocycles. The van der Waals surface area contributed by atoms with Gasteiger partial charge in [0.2, 0.25) is 5.92 Å². The maximum Gasteiger partial charge on any atom is 0.248 e. The highest BCUT2D eigenvalue weighted by atomic mass is 32.1. The Labute approximate surface area is 104 Å². The molecule has 96 valence electrons. The quantitative estimate of drug-likeness (QED) is 0.862. The van der Waals surface area contributed by atoms with Crippen LogP contribution in [0.2, 0.25) is 0 Å². The molecular formula is C13H18F2OS. The third kappa shape index (κ3) is 3.05. The topological polar surface area (TPSA) is 20.2 Å². The summed E-state index contributed by atoms with van der Waals surface area (Å²) in [7, 11) is 0. The summed E-state index contributed by atoms with van der Waals surface area (Å²) < 4.78 is 26.1. The lowest BCUT2D eigenvalue weighted by molar-refractivity contribution is 0.00262. The molecule has 0 aliphatic heterocycles. The average Bonchev–Trinajstić information content (AvgIpc) is 2.71. The van der Waals surface area contributed by atoms with Crippen molar-refractivity contribution in [3.8, 4) is 0 Å². The molecule has 0 saturated heterocycles. The summed E-state index contributed by atoms with van der Waals surface area (Å²) in [6, 6.07) is 1.97. The standard InChI is InChI=1S/C13H18F2OS/c1-8-5-12(17-9(8)2)11(16)6-10-3-4-13(14,15)7-10/h5,10-11,16H,3-4,6-7H2,1-2H3. The minimum Gasteiger partial charge on any atom is -0.388 e. The van der Waals surface area contributed by atoms with Crippen LogP contribution in [-0.4, -0.2) is 11.0 Å². The first-order valence-electron chi connectivity index (χ1n) is 6.00. The van der Waals surface area contributed by atoms with Crippen LogP contribution < -0.4 is 0 Å². The summed E-state index contributed by atoms with van der Waals surface area (Å²) in [4.78, 5) is 2.10. The first-order valence-corrected chi connectivity index (χ1v) is 6.82. The van der Waals surface area contributed by atoms with Crippen molar-refractivity contribution in [2.24, 2.45) is 5.92 Å². The SMILES string of the molecule is Cc1cc(C(O)CC2CCC(F)(F)C2)sc1C. The summed E-state index contributed by atoms with van der Waals surface area (Å²) in [5, 5.41) is 10.1. The Kier molecular flexibility index (Phi) is 3.55. The molecule has 0 aromatic carbocycles. The van der Waals surface area contributed by atoms with Crippen molar-refractivity contribution in [1.29, 1.82) is 0 Å². The van der Waals surface area contributed by atoms with Crippen molar-refractivity contribution < 1.29 is 13.9 Å². The minimum atomic E-state index is -2.51. The van der Waals surface area contributed by atoms with Crippen LogP contribution >= 0.6 is 11.3 Å². The molecule has 1 nitrogen and oxygen atoms in total. The van der Waals surface area contributed by atoms with E-state index < -0.39 is 12.0 Å². The molecule has 0 radical (unpaired) electrons. The predicted octanol–water partition coefficient (Wildman–Crippen LogP) is 4.22. The fourth-order valence-corrected chi connectivity index (χ4v) is 3.48. The van der Waals surface area contributed by atoms with Gasteiger partial charge in [0.1, 0.15) is 0 Å². The maximum atomic E-state index is 13.0. The molecule has 2 atom stereocenters. The number of aryl methyl sites for hydroxylation is 2. The van der Waals surface area contributed by atoms with Crippen LogP contribution in [0.1, 0.15) is 47.1 Å². The van der Waals surface area contributed by atoms with Gasteiger partial charge < -0.3 is 5.11 Å². The van der Waals surface area contributed by atoms with Gasteiger partial charge in [-0.05, 0) is 44.2 Å². The van der Waals surface area contributed by atoms with Crippen molar-refractivity contribution in [3.05, 3.63) is 21.4 Å². The fraction of sp³-hybridized carbons (Fsp3) is 0.692. The number of rotatable bonds is 3. The molecule has 1 fully saturated rings. The summed E-state index contributed by atoms with van der Waals surface area (Å²) in [5.74, 6) is -2.55. The Morgan fingerprint density at radius 1 is 1.53 bits per heavy atom. The molecule has 1 aromatic rings. The molecule has 0 spiro atoms. The number of alkyl halides is 2. The molecule has 1 aromatic heterocycles. The van der Waals surface area contributed by atoms with Gasteiger partial charge in [0.25, 0.3) is 0 Å². The molecule has 1 saturated carbocycles. The molecule has 1 heterocycles. The second kappa shape index (κ2) is 4.65. The summed E-state index contributed by atoms with van der Waals surface area (Å²) in [6.45, 7) is 4.02. The van der Waals surface area contributed by atoms with Crippen LogP contribution in [0.5, 0.6) is 0 Å². The van der Waals surface area contributed by atoms with Crippen LogP contribution in [0.25, 0.3) is 0 Å². The normalized spacial score (nSPS) is 25.1. The highest BCUT2D eigenvalue weighted by Gasteiger charge is 2.40. The fourth-order valence-electron chi connectivity index (χ4n) is 2.44. The van der Waals surface area contributed by atoms with Gasteiger partial charge in [0.15, 0.2) is 0 Å². The molecule has 0 amide bonds. The van der Waals surface area contributed by atoms with Gasteiger partial charge in [-0.25, -0.2) is 8.78 Å². The smallest absolute Gasteiger partial charge is 0.248 e. The number of aliphatic hydroxyl groups is 1. The van der Waals surface area contributed by atoms with E-state index in [-0.39, 0.29) is 18.8 Å². The van der Waals surface area contributed by atoms with Gasteiger partial charge in [0, 0.05) is 22.6 Å². The lowest BCUT2D eigenvalue weighted by atomic mass is 9.99. The van der Waals surface area contributed by atoms with Gasteiger partial charge in [0.05, 0.1) is 6.10 Å². The minimum absolute atomic E-state index is 0.0209. The van der Waals surface area contributed by atoms with Crippen LogP contribution in [0.15, 0.2) is 6.07 Å². The molecule has 2 unspecified atom stereocenters. The molecular weight excluding hydrogens is 242 g/mol. The van der Waals surface area contributed by atoms with Crippen molar-refractivity contribution in [2.45, 2.75) is 51.6 Å². The van der Waals surface area contributed by atoms with Crippen molar-refractivity contribution in [1.82, 2.24) is 0 Å². The van der Waals surface area contributed by atoms with E-state index in [1.165, 1.54) is 10.4 Å². The molecule has 1 N–H and O–H groups in total. The Morgan fingerprint density at radius 2 is 2.24 bits per heavy atom. The zero-order chi connectivity index (χ0) is 12.6. The summed E-state index contributed by atoms with van der Waals surface area (Å²) in [6.07, 6.45) is 0.342. The second-order valence-electron chi connectivity index (χ2n) is 5.10. The molecule has 4 heteroatoms. The number of halogens is 2. The predicted molar refractivity (Wildman–Crippen MR) is 65.7 cm³/mol. The van der Waals surface area contributed by atoms with Crippen molar-refractivity contribution >= 4 is 11.3 Å². The molecule has 17 heavy (non-hydrogen) atoms. The number of aliphatic hydroxyl groups excluding tert-OH is 1. The van der Waals surface area contributed by atoms with Crippen LogP contribution in [0, 0.1) is 19.8 Å². The largest absolute Gasteiger partial charge is 0.388 e. The van der Waals surface area contributed by atoms with Gasteiger partial charge in [-0.1, -0.05) is 0 Å². The summed E-state index contributed by atoms with van der Waals surface area (Å²) >= 11 is 1.57. The maximum absolute atomic E-state index is 13.0. The third-order valence-electron chi connectivity index (χ3n) is 3.58. The van der Waals surface area contributed by atoms with E-state index in [1.54, 1.807) is 11.3 Å². The van der Waals surface area contributed by atoms with Gasteiger partial charge in [-0.2, -0.15) is 0 Å². The Hall–Kier alpha value is -0.480. The van der Waals surface area contributed by atoms with E-state index in [0.29, 0.717) is 12.8 Å². The van der Waals surface area contributed by atoms with Gasteiger partial charge in [-0.3, -0.25) is 0 Å². The first kappa shape index (κ1) is 13.0. The van der Waals surface area contributed by atoms with E-state index in [0.717, 1.165) is 4.88 Å². The van der Waals surface area contributed by atoms with Crippen molar-refractivity contribution in [2.75, 3.05) is 0 Å². The van der Waals surface area contributed by atoms with E-state index >= 15 is 0 Å². The van der Waals surface area contributed by atoms with Gasteiger partial charge >= 0.3 is 0 Å². The number of hydrogen-bond donors (Lipinski definition) is 1. The van der Waals surface area contributed by atoms with Crippen LogP contribution in [-0.2, 0) is 0 Å². The van der Waals surface area contributed by atoms with E-state index in [2.05, 4.69) is 0 Å². The molecule has 2 rings (SSSR count). The number of hydrogen-bond acceptors (Lipinski definition) is 2. The van der Waals surface area contributed by atoms with Gasteiger partial charge in [-0.15, -0.1) is 11.3 Å². The van der Waals surface area contributed by atoms with E-state index in [1.807, 2.05) is 19.9 Å². The average molecular weight is 260 g/mol. The highest BCUT2D eigenvalue weighted by molar-refractivity contribution is 7.12. The number of thiophene rings is 1. The monoisotopic (exact) mass is 260 g/mol. The lowest BCUT2D eigenvalue weighted by Crippen LogP contribution is -2.11. The zero-order valence-electron chi connectivity index (χ0n) is 10.2. The highest BCUT2D eigenvalue weighted by Crippen LogP contribution is 2.43. The van der Waals surface area contributed by atoms with Crippen LogP contribution in [0.3, 0.4) is 0 Å². The van der Waals surface area contributed by atoms with Crippen molar-refractivity contribution in [3.63, 3.8) is 0 Å². The molecule has 1 aliphatic rings. The summed E-state index contributed by atoms with van der Waals surface area (Å²) in [5.41, 5.74) is 1.17. The second-order valence-corrected chi connectivity index (χ2v) is 6.39. The molecule has 0 bridgehead atoms.